The summed E-state index contributed by atoms with van der Waals surface area (Å²) in [6.45, 7) is 1.71. The number of aryl methyl sites for hydroxylation is 2. The van der Waals surface area contributed by atoms with Crippen molar-refractivity contribution in [2.75, 3.05) is 26.8 Å². The zero-order chi connectivity index (χ0) is 21.7. The molecule has 2 heterocycles. The number of nitrogens with zero attached hydrogens (tertiary/aromatic N) is 4. The second kappa shape index (κ2) is 9.59. The van der Waals surface area contributed by atoms with E-state index in [0.717, 1.165) is 11.0 Å². The van der Waals surface area contributed by atoms with Gasteiger partial charge in [0.2, 0.25) is 0 Å². The number of aliphatic hydroxyl groups excluding tert-OH is 1. The number of benzene rings is 1. The summed E-state index contributed by atoms with van der Waals surface area (Å²) in [7, 11) is 4.62. The summed E-state index contributed by atoms with van der Waals surface area (Å²) in [5.41, 5.74) is 0.0241. The third kappa shape index (κ3) is 4.55. The van der Waals surface area contributed by atoms with Gasteiger partial charge in [0.25, 0.3) is 5.56 Å². The molecule has 0 amide bonds. The van der Waals surface area contributed by atoms with Crippen molar-refractivity contribution in [1.82, 2.24) is 24.0 Å². The highest BCUT2D eigenvalue weighted by Crippen LogP contribution is 2.25. The van der Waals surface area contributed by atoms with Crippen LogP contribution in [0.25, 0.3) is 11.2 Å². The van der Waals surface area contributed by atoms with Crippen molar-refractivity contribution in [3.8, 4) is 11.5 Å². The minimum absolute atomic E-state index is 0.142. The molecule has 3 rings (SSSR count). The number of imidazole rings is 1. The van der Waals surface area contributed by atoms with Crippen molar-refractivity contribution in [3.05, 3.63) is 51.4 Å². The van der Waals surface area contributed by atoms with Crippen LogP contribution in [-0.4, -0.2) is 56.7 Å². The van der Waals surface area contributed by atoms with E-state index in [1.54, 1.807) is 37.2 Å². The summed E-state index contributed by atoms with van der Waals surface area (Å²) in [5, 5.41) is 13.3. The topological polar surface area (TPSA) is 113 Å². The predicted molar refractivity (Wildman–Crippen MR) is 112 cm³/mol. The van der Waals surface area contributed by atoms with Gasteiger partial charge in [-0.25, -0.2) is 9.78 Å². The molecule has 3 aromatic rings. The Morgan fingerprint density at radius 1 is 1.17 bits per heavy atom. The molecule has 0 aliphatic rings. The van der Waals surface area contributed by atoms with Crippen molar-refractivity contribution >= 4 is 11.2 Å². The van der Waals surface area contributed by atoms with Gasteiger partial charge in [-0.15, -0.1) is 0 Å². The Kier molecular flexibility index (Phi) is 6.91. The first-order valence-corrected chi connectivity index (χ1v) is 9.69. The number of hydrogen-bond donors (Lipinski definition) is 2. The molecule has 1 aromatic carbocycles. The van der Waals surface area contributed by atoms with Gasteiger partial charge in [0.05, 0.1) is 13.4 Å². The van der Waals surface area contributed by atoms with Crippen LogP contribution in [-0.2, 0) is 20.6 Å². The largest absolute Gasteiger partial charge is 0.493 e. The fourth-order valence-corrected chi connectivity index (χ4v) is 3.19. The van der Waals surface area contributed by atoms with Crippen LogP contribution in [0.15, 0.2) is 40.2 Å². The number of rotatable bonds is 10. The lowest BCUT2D eigenvalue weighted by Gasteiger charge is -2.15. The predicted octanol–water partition coefficient (Wildman–Crippen LogP) is -0.138. The molecule has 0 saturated heterocycles. The molecule has 2 N–H and O–H groups in total. The number of fused-ring (bicyclic) bond motifs is 1. The van der Waals surface area contributed by atoms with Gasteiger partial charge in [-0.3, -0.25) is 13.9 Å². The van der Waals surface area contributed by atoms with Crippen LogP contribution in [0.5, 0.6) is 11.5 Å². The Morgan fingerprint density at radius 3 is 2.63 bits per heavy atom. The molecule has 1 unspecified atom stereocenters. The molecule has 0 aliphatic carbocycles. The standard InChI is InChI=1S/C20H27N5O5/c1-23-18-17(19(27)24(2)20(23)28)25(13-22-18)10-6-9-21-11-14(26)12-30-16-8-5-4-7-15(16)29-3/h4-5,7-8,13-14,21,26H,6,9-12H2,1-3H3. The maximum atomic E-state index is 12.4. The van der Waals surface area contributed by atoms with E-state index >= 15 is 0 Å². The minimum Gasteiger partial charge on any atom is -0.493 e. The summed E-state index contributed by atoms with van der Waals surface area (Å²) in [6.07, 6.45) is 1.62. The van der Waals surface area contributed by atoms with Gasteiger partial charge in [0.1, 0.15) is 12.7 Å². The zero-order valence-corrected chi connectivity index (χ0v) is 17.4. The van der Waals surface area contributed by atoms with Crippen LogP contribution in [0.3, 0.4) is 0 Å². The van der Waals surface area contributed by atoms with Crippen molar-refractivity contribution in [3.63, 3.8) is 0 Å². The molecule has 10 nitrogen and oxygen atoms in total. The molecule has 1 atom stereocenters. The van der Waals surface area contributed by atoms with Crippen LogP contribution in [0, 0.1) is 0 Å². The molecule has 0 fully saturated rings. The summed E-state index contributed by atoms with van der Waals surface area (Å²) >= 11 is 0. The first-order chi connectivity index (χ1) is 14.4. The zero-order valence-electron chi connectivity index (χ0n) is 17.4. The Labute approximate surface area is 173 Å². The van der Waals surface area contributed by atoms with E-state index < -0.39 is 11.8 Å². The van der Waals surface area contributed by atoms with E-state index in [1.807, 2.05) is 12.1 Å². The van der Waals surface area contributed by atoms with Crippen molar-refractivity contribution in [1.29, 1.82) is 0 Å². The van der Waals surface area contributed by atoms with E-state index in [9.17, 15) is 14.7 Å². The molecule has 0 bridgehead atoms. The molecule has 2 aromatic heterocycles. The second-order valence-electron chi connectivity index (χ2n) is 6.99. The van der Waals surface area contributed by atoms with Gasteiger partial charge >= 0.3 is 5.69 Å². The van der Waals surface area contributed by atoms with Crippen LogP contribution < -0.4 is 26.0 Å². The highest BCUT2D eigenvalue weighted by molar-refractivity contribution is 5.69. The fourth-order valence-electron chi connectivity index (χ4n) is 3.19. The first kappa shape index (κ1) is 21.6. The third-order valence-corrected chi connectivity index (χ3v) is 4.85. The number of methoxy groups -OCH3 is 1. The van der Waals surface area contributed by atoms with Gasteiger partial charge < -0.3 is 24.5 Å². The van der Waals surface area contributed by atoms with E-state index in [4.69, 9.17) is 9.47 Å². The minimum atomic E-state index is -0.675. The number of hydrogen-bond acceptors (Lipinski definition) is 7. The Bertz CT molecular complexity index is 1120. The number of para-hydroxylation sites is 2. The summed E-state index contributed by atoms with van der Waals surface area (Å²) in [6, 6.07) is 7.27. The lowest BCUT2D eigenvalue weighted by Crippen LogP contribution is -2.37. The van der Waals surface area contributed by atoms with Gasteiger partial charge in [-0.1, -0.05) is 12.1 Å². The Hall–Kier alpha value is -3.11. The fraction of sp³-hybridized carbons (Fsp3) is 0.450. The Morgan fingerprint density at radius 2 is 1.90 bits per heavy atom. The van der Waals surface area contributed by atoms with Crippen molar-refractivity contribution in [2.24, 2.45) is 14.1 Å². The van der Waals surface area contributed by atoms with Crippen LogP contribution >= 0.6 is 0 Å². The molecule has 162 valence electrons. The average Bonchev–Trinajstić information content (AvgIpc) is 3.18. The summed E-state index contributed by atoms with van der Waals surface area (Å²) in [5.74, 6) is 1.20. The van der Waals surface area contributed by atoms with E-state index in [1.165, 1.54) is 11.6 Å². The van der Waals surface area contributed by atoms with E-state index in [-0.39, 0.29) is 12.2 Å². The normalized spacial score (nSPS) is 12.3. The second-order valence-corrected chi connectivity index (χ2v) is 6.99. The van der Waals surface area contributed by atoms with Crippen LogP contribution in [0.1, 0.15) is 6.42 Å². The number of nitrogens with one attached hydrogen (secondary N) is 1. The molecule has 0 aliphatic heterocycles. The molecule has 0 spiro atoms. The molecule has 0 radical (unpaired) electrons. The molecule has 10 heteroatoms. The van der Waals surface area contributed by atoms with Crippen LogP contribution in [0.4, 0.5) is 0 Å². The quantitative estimate of drug-likeness (QED) is 0.442. The van der Waals surface area contributed by atoms with E-state index in [0.29, 0.717) is 42.3 Å². The molecule has 30 heavy (non-hydrogen) atoms. The van der Waals surface area contributed by atoms with Gasteiger partial charge in [-0.05, 0) is 25.1 Å². The molecular formula is C20H27N5O5. The first-order valence-electron chi connectivity index (χ1n) is 9.69. The average molecular weight is 417 g/mol. The van der Waals surface area contributed by atoms with Gasteiger partial charge in [-0.2, -0.15) is 0 Å². The van der Waals surface area contributed by atoms with Crippen molar-refractivity contribution in [2.45, 2.75) is 19.1 Å². The van der Waals surface area contributed by atoms with Crippen molar-refractivity contribution < 1.29 is 14.6 Å². The maximum Gasteiger partial charge on any atom is 0.332 e. The third-order valence-electron chi connectivity index (χ3n) is 4.85. The van der Waals surface area contributed by atoms with Gasteiger partial charge in [0, 0.05) is 27.2 Å². The SMILES string of the molecule is COc1ccccc1OCC(O)CNCCCn1cnc2c1c(=O)n(C)c(=O)n2C. The lowest BCUT2D eigenvalue weighted by atomic mass is 10.3. The maximum absolute atomic E-state index is 12.4. The van der Waals surface area contributed by atoms with Crippen LogP contribution in [0.2, 0.25) is 0 Å². The number of ether oxygens (including phenoxy) is 2. The Balaban J connectivity index is 1.47. The van der Waals surface area contributed by atoms with E-state index in [2.05, 4.69) is 10.3 Å². The highest BCUT2D eigenvalue weighted by atomic mass is 16.5. The highest BCUT2D eigenvalue weighted by Gasteiger charge is 2.14. The number of aliphatic hydroxyl groups is 1. The summed E-state index contributed by atoms with van der Waals surface area (Å²) in [4.78, 5) is 28.6. The smallest absolute Gasteiger partial charge is 0.332 e. The van der Waals surface area contributed by atoms with Gasteiger partial charge in [0.15, 0.2) is 22.7 Å². The monoisotopic (exact) mass is 417 g/mol. The summed E-state index contributed by atoms with van der Waals surface area (Å²) < 4.78 is 15.0. The molecular weight excluding hydrogens is 390 g/mol. The number of aromatic nitrogens is 4. The molecule has 0 saturated carbocycles. The lowest BCUT2D eigenvalue weighted by molar-refractivity contribution is 0.105.